The molecule has 92 valence electrons. The molecular weight excluding hydrogens is 212 g/mol. The highest BCUT2D eigenvalue weighted by molar-refractivity contribution is 5.94. The second kappa shape index (κ2) is 4.88. The Morgan fingerprint density at radius 3 is 2.82 bits per heavy atom. The van der Waals surface area contributed by atoms with Crippen LogP contribution in [0, 0.1) is 13.8 Å². The highest BCUT2D eigenvalue weighted by Gasteiger charge is 2.28. The number of hydrogen-bond donors (Lipinski definition) is 1. The lowest BCUT2D eigenvalue weighted by molar-refractivity contribution is 0.0741. The molecule has 1 saturated heterocycles. The Hall–Kier alpha value is -1.35. The van der Waals surface area contributed by atoms with E-state index in [0.717, 1.165) is 24.9 Å². The first-order valence-corrected chi connectivity index (χ1v) is 6.21. The fourth-order valence-electron chi connectivity index (χ4n) is 2.39. The van der Waals surface area contributed by atoms with Gasteiger partial charge < -0.3 is 10.6 Å². The van der Waals surface area contributed by atoms with Crippen LogP contribution < -0.4 is 5.73 Å². The zero-order valence-corrected chi connectivity index (χ0v) is 10.6. The molecule has 0 saturated carbocycles. The van der Waals surface area contributed by atoms with Crippen molar-refractivity contribution >= 4 is 5.91 Å². The standard InChI is InChI=1S/C14H20N2O/c1-10-5-6-12(8-11(10)2)14(17)16-7-3-4-13(16)9-15/h5-6,8,13H,3-4,7,9,15H2,1-2H3/t13-/m1/s1. The molecule has 0 bridgehead atoms. The van der Waals surface area contributed by atoms with Gasteiger partial charge in [0, 0.05) is 24.7 Å². The van der Waals surface area contributed by atoms with Crippen molar-refractivity contribution in [1.29, 1.82) is 0 Å². The minimum absolute atomic E-state index is 0.126. The van der Waals surface area contributed by atoms with E-state index in [0.29, 0.717) is 6.54 Å². The van der Waals surface area contributed by atoms with E-state index in [1.807, 2.05) is 30.0 Å². The maximum Gasteiger partial charge on any atom is 0.254 e. The van der Waals surface area contributed by atoms with Gasteiger partial charge in [-0.1, -0.05) is 6.07 Å². The maximum absolute atomic E-state index is 12.4. The van der Waals surface area contributed by atoms with Gasteiger partial charge in [0.25, 0.3) is 5.91 Å². The Labute approximate surface area is 103 Å². The highest BCUT2D eigenvalue weighted by atomic mass is 16.2. The van der Waals surface area contributed by atoms with Crippen molar-refractivity contribution in [1.82, 2.24) is 4.90 Å². The lowest BCUT2D eigenvalue weighted by Crippen LogP contribution is -2.39. The number of nitrogens with zero attached hydrogens (tertiary/aromatic N) is 1. The van der Waals surface area contributed by atoms with Gasteiger partial charge in [-0.3, -0.25) is 4.79 Å². The quantitative estimate of drug-likeness (QED) is 0.846. The lowest BCUT2D eigenvalue weighted by Gasteiger charge is -2.23. The second-order valence-electron chi connectivity index (χ2n) is 4.83. The fraction of sp³-hybridized carbons (Fsp3) is 0.500. The summed E-state index contributed by atoms with van der Waals surface area (Å²) >= 11 is 0. The summed E-state index contributed by atoms with van der Waals surface area (Å²) in [6, 6.07) is 6.13. The Morgan fingerprint density at radius 2 is 2.18 bits per heavy atom. The average Bonchev–Trinajstić information content (AvgIpc) is 2.80. The van der Waals surface area contributed by atoms with Crippen molar-refractivity contribution in [2.45, 2.75) is 32.7 Å². The Balaban J connectivity index is 2.21. The third-order valence-electron chi connectivity index (χ3n) is 3.66. The normalized spacial score (nSPS) is 19.7. The van der Waals surface area contributed by atoms with Crippen LogP contribution in [0.1, 0.15) is 34.3 Å². The molecule has 0 spiro atoms. The molecular formula is C14H20N2O. The molecule has 0 aliphatic carbocycles. The van der Waals surface area contributed by atoms with Crippen molar-refractivity contribution < 1.29 is 4.79 Å². The summed E-state index contributed by atoms with van der Waals surface area (Å²) in [7, 11) is 0. The summed E-state index contributed by atoms with van der Waals surface area (Å²) in [4.78, 5) is 14.3. The van der Waals surface area contributed by atoms with Gasteiger partial charge in [0.15, 0.2) is 0 Å². The molecule has 3 nitrogen and oxygen atoms in total. The molecule has 0 aromatic heterocycles. The molecule has 1 heterocycles. The van der Waals surface area contributed by atoms with E-state index in [9.17, 15) is 4.79 Å². The molecule has 2 N–H and O–H groups in total. The fourth-order valence-corrected chi connectivity index (χ4v) is 2.39. The van der Waals surface area contributed by atoms with Crippen LogP contribution in [-0.4, -0.2) is 29.9 Å². The van der Waals surface area contributed by atoms with Gasteiger partial charge in [0.2, 0.25) is 0 Å². The predicted octanol–water partition coefficient (Wildman–Crippen LogP) is 1.87. The number of carbonyl (C=O) groups is 1. The highest BCUT2D eigenvalue weighted by Crippen LogP contribution is 2.20. The number of benzene rings is 1. The van der Waals surface area contributed by atoms with Crippen molar-refractivity contribution in [2.75, 3.05) is 13.1 Å². The third-order valence-corrected chi connectivity index (χ3v) is 3.66. The molecule has 17 heavy (non-hydrogen) atoms. The van der Waals surface area contributed by atoms with Gasteiger partial charge in [-0.2, -0.15) is 0 Å². The van der Waals surface area contributed by atoms with Crippen molar-refractivity contribution in [2.24, 2.45) is 5.73 Å². The molecule has 0 radical (unpaired) electrons. The number of aryl methyl sites for hydroxylation is 2. The van der Waals surface area contributed by atoms with E-state index in [1.165, 1.54) is 11.1 Å². The van der Waals surface area contributed by atoms with Gasteiger partial charge in [0.05, 0.1) is 0 Å². The second-order valence-corrected chi connectivity index (χ2v) is 4.83. The predicted molar refractivity (Wildman–Crippen MR) is 69.0 cm³/mol. The van der Waals surface area contributed by atoms with Crippen LogP contribution in [0.15, 0.2) is 18.2 Å². The number of carbonyl (C=O) groups excluding carboxylic acids is 1. The van der Waals surface area contributed by atoms with Gasteiger partial charge in [-0.25, -0.2) is 0 Å². The molecule has 1 aromatic rings. The van der Waals surface area contributed by atoms with Crippen LogP contribution in [0.3, 0.4) is 0 Å². The summed E-state index contributed by atoms with van der Waals surface area (Å²) < 4.78 is 0. The van der Waals surface area contributed by atoms with Crippen LogP contribution in [0.4, 0.5) is 0 Å². The van der Waals surface area contributed by atoms with Gasteiger partial charge in [-0.05, 0) is 49.9 Å². The molecule has 0 unspecified atom stereocenters. The van der Waals surface area contributed by atoms with E-state index < -0.39 is 0 Å². The summed E-state index contributed by atoms with van der Waals surface area (Å²) in [5, 5.41) is 0. The van der Waals surface area contributed by atoms with E-state index >= 15 is 0 Å². The molecule has 3 heteroatoms. The first kappa shape index (κ1) is 12.1. The van der Waals surface area contributed by atoms with E-state index in [2.05, 4.69) is 6.92 Å². The monoisotopic (exact) mass is 232 g/mol. The van der Waals surface area contributed by atoms with Crippen LogP contribution in [0.25, 0.3) is 0 Å². The molecule has 1 fully saturated rings. The smallest absolute Gasteiger partial charge is 0.254 e. The number of likely N-dealkylation sites (tertiary alicyclic amines) is 1. The van der Waals surface area contributed by atoms with Gasteiger partial charge in [0.1, 0.15) is 0 Å². The van der Waals surface area contributed by atoms with E-state index in [1.54, 1.807) is 0 Å². The number of nitrogens with two attached hydrogens (primary N) is 1. The first-order valence-electron chi connectivity index (χ1n) is 6.21. The number of amides is 1. The topological polar surface area (TPSA) is 46.3 Å². The Kier molecular flexibility index (Phi) is 3.48. The molecule has 2 rings (SSSR count). The summed E-state index contributed by atoms with van der Waals surface area (Å²) in [6.45, 7) is 5.50. The average molecular weight is 232 g/mol. The largest absolute Gasteiger partial charge is 0.334 e. The summed E-state index contributed by atoms with van der Waals surface area (Å²) in [5.41, 5.74) is 8.87. The van der Waals surface area contributed by atoms with Crippen molar-refractivity contribution in [3.05, 3.63) is 34.9 Å². The Morgan fingerprint density at radius 1 is 1.41 bits per heavy atom. The number of hydrogen-bond acceptors (Lipinski definition) is 2. The van der Waals surface area contributed by atoms with Crippen LogP contribution in [-0.2, 0) is 0 Å². The minimum Gasteiger partial charge on any atom is -0.334 e. The molecule has 1 aliphatic heterocycles. The maximum atomic E-state index is 12.4. The van der Waals surface area contributed by atoms with E-state index in [-0.39, 0.29) is 11.9 Å². The van der Waals surface area contributed by atoms with Crippen molar-refractivity contribution in [3.8, 4) is 0 Å². The lowest BCUT2D eigenvalue weighted by atomic mass is 10.1. The van der Waals surface area contributed by atoms with Crippen LogP contribution >= 0.6 is 0 Å². The molecule has 1 aliphatic rings. The number of rotatable bonds is 2. The molecule has 1 amide bonds. The van der Waals surface area contributed by atoms with E-state index in [4.69, 9.17) is 5.73 Å². The van der Waals surface area contributed by atoms with Crippen LogP contribution in [0.2, 0.25) is 0 Å². The third kappa shape index (κ3) is 2.34. The first-order chi connectivity index (χ1) is 8.13. The zero-order chi connectivity index (χ0) is 12.4. The Bertz CT molecular complexity index is 428. The molecule has 1 aromatic carbocycles. The SMILES string of the molecule is Cc1ccc(C(=O)N2CCC[C@@H]2CN)cc1C. The summed E-state index contributed by atoms with van der Waals surface area (Å²) in [6.07, 6.45) is 2.10. The van der Waals surface area contributed by atoms with Crippen molar-refractivity contribution in [3.63, 3.8) is 0 Å². The van der Waals surface area contributed by atoms with Crippen LogP contribution in [0.5, 0.6) is 0 Å². The minimum atomic E-state index is 0.126. The zero-order valence-electron chi connectivity index (χ0n) is 10.6. The summed E-state index contributed by atoms with van der Waals surface area (Å²) in [5.74, 6) is 0.126. The molecule has 1 atom stereocenters. The van der Waals surface area contributed by atoms with Gasteiger partial charge >= 0.3 is 0 Å². The van der Waals surface area contributed by atoms with Gasteiger partial charge in [-0.15, -0.1) is 0 Å².